The molecule has 2 aromatic carbocycles. The molecule has 2 aromatic rings. The van der Waals surface area contributed by atoms with Crippen molar-refractivity contribution in [1.82, 2.24) is 0 Å². The molecule has 114 valence electrons. The predicted octanol–water partition coefficient (Wildman–Crippen LogP) is 3.78. The van der Waals surface area contributed by atoms with Crippen LogP contribution in [0.15, 0.2) is 77.4 Å². The summed E-state index contributed by atoms with van der Waals surface area (Å²) in [7, 11) is 0. The molecule has 0 spiro atoms. The van der Waals surface area contributed by atoms with Gasteiger partial charge in [0.25, 0.3) is 0 Å². The topological polar surface area (TPSA) is 67.5 Å². The van der Waals surface area contributed by atoms with Gasteiger partial charge in [-0.15, -0.1) is 0 Å². The molecule has 0 saturated heterocycles. The zero-order valence-corrected chi connectivity index (χ0v) is 12.8. The van der Waals surface area contributed by atoms with Crippen LogP contribution in [0, 0.1) is 6.92 Å². The molecule has 0 atom stereocenters. The molecule has 0 saturated carbocycles. The number of carbonyl (C=O) groups excluding carboxylic acids is 1. The fraction of sp³-hybridized carbons (Fsp3) is 0.0526. The molecule has 23 heavy (non-hydrogen) atoms. The van der Waals surface area contributed by atoms with Gasteiger partial charge < -0.3 is 11.1 Å². The SMILES string of the molecule is Cc1ccc(NC2=CC(=O)C=CC2=Nc2ccc(N)cc2)cc1. The van der Waals surface area contributed by atoms with E-state index in [1.807, 2.05) is 43.3 Å². The van der Waals surface area contributed by atoms with Gasteiger partial charge in [0.1, 0.15) is 0 Å². The van der Waals surface area contributed by atoms with Crippen LogP contribution in [0.1, 0.15) is 5.56 Å². The molecule has 0 aliphatic heterocycles. The van der Waals surface area contributed by atoms with Crippen molar-refractivity contribution in [3.8, 4) is 0 Å². The van der Waals surface area contributed by atoms with Gasteiger partial charge in [0.2, 0.25) is 0 Å². The highest BCUT2D eigenvalue weighted by Gasteiger charge is 2.12. The second-order valence-corrected chi connectivity index (χ2v) is 5.37. The van der Waals surface area contributed by atoms with Gasteiger partial charge in [0.05, 0.1) is 17.1 Å². The number of benzene rings is 2. The molecule has 1 aliphatic rings. The Hall–Kier alpha value is -3.14. The Morgan fingerprint density at radius 2 is 1.65 bits per heavy atom. The number of nitrogens with zero attached hydrogens (tertiary/aromatic N) is 1. The number of nitrogens with two attached hydrogens (primary N) is 1. The zero-order chi connectivity index (χ0) is 16.2. The fourth-order valence-corrected chi connectivity index (χ4v) is 2.19. The van der Waals surface area contributed by atoms with Gasteiger partial charge in [-0.1, -0.05) is 17.7 Å². The minimum absolute atomic E-state index is 0.0594. The van der Waals surface area contributed by atoms with E-state index in [9.17, 15) is 4.79 Å². The highest BCUT2D eigenvalue weighted by Crippen LogP contribution is 2.20. The molecule has 1 aliphatic carbocycles. The summed E-state index contributed by atoms with van der Waals surface area (Å²) in [6.45, 7) is 2.03. The Morgan fingerprint density at radius 3 is 2.35 bits per heavy atom. The average Bonchev–Trinajstić information content (AvgIpc) is 2.54. The van der Waals surface area contributed by atoms with E-state index >= 15 is 0 Å². The largest absolute Gasteiger partial charge is 0.399 e. The maximum atomic E-state index is 11.7. The molecule has 4 heteroatoms. The number of nitrogens with one attached hydrogen (secondary N) is 1. The molecule has 3 N–H and O–H groups in total. The van der Waals surface area contributed by atoms with E-state index in [0.717, 1.165) is 11.4 Å². The molecular weight excluding hydrogens is 286 g/mol. The first-order valence-electron chi connectivity index (χ1n) is 7.32. The summed E-state index contributed by atoms with van der Waals surface area (Å²) in [5, 5.41) is 3.25. The molecule has 0 unspecified atom stereocenters. The van der Waals surface area contributed by atoms with Gasteiger partial charge in [-0.3, -0.25) is 4.79 Å². The van der Waals surface area contributed by atoms with Crippen molar-refractivity contribution >= 4 is 28.6 Å². The van der Waals surface area contributed by atoms with Crippen LogP contribution in [0.2, 0.25) is 0 Å². The molecule has 0 bridgehead atoms. The van der Waals surface area contributed by atoms with Crippen LogP contribution in [-0.2, 0) is 4.79 Å². The van der Waals surface area contributed by atoms with Crippen molar-refractivity contribution in [2.24, 2.45) is 4.99 Å². The van der Waals surface area contributed by atoms with Gasteiger partial charge in [-0.25, -0.2) is 4.99 Å². The number of nitrogen functional groups attached to an aromatic ring is 1. The lowest BCUT2D eigenvalue weighted by molar-refractivity contribution is -0.110. The smallest absolute Gasteiger partial charge is 0.180 e. The number of carbonyl (C=O) groups is 1. The lowest BCUT2D eigenvalue weighted by Gasteiger charge is -2.14. The lowest BCUT2D eigenvalue weighted by Crippen LogP contribution is -2.15. The van der Waals surface area contributed by atoms with Gasteiger partial charge >= 0.3 is 0 Å². The summed E-state index contributed by atoms with van der Waals surface area (Å²) in [5.74, 6) is -0.0594. The Bertz CT molecular complexity index is 813. The molecule has 0 heterocycles. The second kappa shape index (κ2) is 6.32. The molecular formula is C19H17N3O. The van der Waals surface area contributed by atoms with E-state index in [2.05, 4.69) is 10.3 Å². The third-order valence-corrected chi connectivity index (χ3v) is 3.44. The molecule has 4 nitrogen and oxygen atoms in total. The van der Waals surface area contributed by atoms with Crippen molar-refractivity contribution in [3.63, 3.8) is 0 Å². The number of anilines is 2. The van der Waals surface area contributed by atoms with Crippen LogP contribution >= 0.6 is 0 Å². The van der Waals surface area contributed by atoms with Crippen LogP contribution < -0.4 is 11.1 Å². The van der Waals surface area contributed by atoms with Crippen molar-refractivity contribution in [2.75, 3.05) is 11.1 Å². The molecule has 0 fully saturated rings. The lowest BCUT2D eigenvalue weighted by atomic mass is 10.1. The maximum absolute atomic E-state index is 11.7. The summed E-state index contributed by atoms with van der Waals surface area (Å²) < 4.78 is 0. The van der Waals surface area contributed by atoms with E-state index in [1.54, 1.807) is 24.3 Å². The normalized spacial score (nSPS) is 15.6. The Balaban J connectivity index is 1.90. The van der Waals surface area contributed by atoms with E-state index < -0.39 is 0 Å². The summed E-state index contributed by atoms with van der Waals surface area (Å²) in [5.41, 5.74) is 10.6. The summed E-state index contributed by atoms with van der Waals surface area (Å²) >= 11 is 0. The first-order chi connectivity index (χ1) is 11.1. The van der Waals surface area contributed by atoms with E-state index in [1.165, 1.54) is 11.6 Å². The van der Waals surface area contributed by atoms with Gasteiger partial charge in [0, 0.05) is 17.5 Å². The summed E-state index contributed by atoms with van der Waals surface area (Å²) in [4.78, 5) is 16.3. The summed E-state index contributed by atoms with van der Waals surface area (Å²) in [6, 6.07) is 15.3. The van der Waals surface area contributed by atoms with Crippen molar-refractivity contribution in [1.29, 1.82) is 0 Å². The predicted molar refractivity (Wildman–Crippen MR) is 95.0 cm³/mol. The van der Waals surface area contributed by atoms with Crippen LogP contribution in [0.5, 0.6) is 0 Å². The quantitative estimate of drug-likeness (QED) is 0.669. The minimum atomic E-state index is -0.0594. The van der Waals surface area contributed by atoms with E-state index in [4.69, 9.17) is 5.73 Å². The van der Waals surface area contributed by atoms with Crippen LogP contribution in [0.25, 0.3) is 0 Å². The minimum Gasteiger partial charge on any atom is -0.399 e. The van der Waals surface area contributed by atoms with Crippen molar-refractivity contribution in [3.05, 3.63) is 78.0 Å². The number of rotatable bonds is 3. The Morgan fingerprint density at radius 1 is 0.957 bits per heavy atom. The Kier molecular flexibility index (Phi) is 4.06. The highest BCUT2D eigenvalue weighted by atomic mass is 16.1. The highest BCUT2D eigenvalue weighted by molar-refractivity contribution is 6.21. The van der Waals surface area contributed by atoms with Crippen LogP contribution in [0.3, 0.4) is 0 Å². The van der Waals surface area contributed by atoms with E-state index in [-0.39, 0.29) is 5.78 Å². The number of allylic oxidation sites excluding steroid dienone is 3. The molecule has 0 aromatic heterocycles. The van der Waals surface area contributed by atoms with Gasteiger partial charge in [-0.2, -0.15) is 0 Å². The number of aryl methyl sites for hydroxylation is 1. The third-order valence-electron chi connectivity index (χ3n) is 3.44. The van der Waals surface area contributed by atoms with Crippen molar-refractivity contribution < 1.29 is 4.79 Å². The molecule has 0 radical (unpaired) electrons. The molecule has 0 amide bonds. The van der Waals surface area contributed by atoms with Crippen molar-refractivity contribution in [2.45, 2.75) is 6.92 Å². The molecule has 3 rings (SSSR count). The number of aliphatic imine (C=N–C) groups is 1. The van der Waals surface area contributed by atoms with E-state index in [0.29, 0.717) is 17.1 Å². The zero-order valence-electron chi connectivity index (χ0n) is 12.8. The number of ketones is 1. The first-order valence-corrected chi connectivity index (χ1v) is 7.32. The van der Waals surface area contributed by atoms with Crippen LogP contribution in [0.4, 0.5) is 17.1 Å². The first kappa shape index (κ1) is 14.8. The van der Waals surface area contributed by atoms with Crippen LogP contribution in [-0.4, -0.2) is 11.5 Å². The summed E-state index contributed by atoms with van der Waals surface area (Å²) in [6.07, 6.45) is 4.78. The third kappa shape index (κ3) is 3.74. The average molecular weight is 303 g/mol. The second-order valence-electron chi connectivity index (χ2n) is 5.37. The number of hydrogen-bond acceptors (Lipinski definition) is 4. The monoisotopic (exact) mass is 303 g/mol. The standard InChI is InChI=1S/C19H17N3O/c1-13-2-6-15(7-3-13)22-19-12-17(23)10-11-18(19)21-16-8-4-14(20)5-9-16/h2-12,22H,20H2,1H3. The Labute approximate surface area is 135 Å². The van der Waals surface area contributed by atoms with Gasteiger partial charge in [-0.05, 0) is 55.5 Å². The maximum Gasteiger partial charge on any atom is 0.180 e. The fourth-order valence-electron chi connectivity index (χ4n) is 2.19. The van der Waals surface area contributed by atoms with Gasteiger partial charge in [0.15, 0.2) is 5.78 Å². The number of hydrogen-bond donors (Lipinski definition) is 2.